The molecule has 1 amide bonds. The van der Waals surface area contributed by atoms with Crippen LogP contribution in [0.1, 0.15) is 15.9 Å². The van der Waals surface area contributed by atoms with Gasteiger partial charge in [-0.05, 0) is 18.2 Å². The molecule has 0 radical (unpaired) electrons. The fourth-order valence-corrected chi connectivity index (χ4v) is 1.64. The summed E-state index contributed by atoms with van der Waals surface area (Å²) in [6.07, 6.45) is -3.48. The summed E-state index contributed by atoms with van der Waals surface area (Å²) in [6.45, 7) is 0. The summed E-state index contributed by atoms with van der Waals surface area (Å²) in [4.78, 5) is 25.6. The third-order valence-electron chi connectivity index (χ3n) is 2.58. The van der Waals surface area contributed by atoms with Crippen molar-refractivity contribution in [2.24, 2.45) is 5.84 Å². The van der Waals surface area contributed by atoms with E-state index in [9.17, 15) is 22.8 Å². The Morgan fingerprint density at radius 3 is 2.58 bits per heavy atom. The van der Waals surface area contributed by atoms with Crippen LogP contribution in [0.15, 0.2) is 29.2 Å². The highest BCUT2D eigenvalue weighted by molar-refractivity contribution is 5.96. The summed E-state index contributed by atoms with van der Waals surface area (Å²) >= 11 is 0. The highest BCUT2D eigenvalue weighted by atomic mass is 19.4. The molecule has 1 aromatic carbocycles. The van der Waals surface area contributed by atoms with Crippen molar-refractivity contribution in [3.8, 4) is 0 Å². The molecule has 4 N–H and O–H groups in total. The molecule has 0 aliphatic heterocycles. The summed E-state index contributed by atoms with van der Waals surface area (Å²) in [5.74, 6) is 4.08. The second-order valence-electron chi connectivity index (χ2n) is 3.76. The molecule has 0 saturated heterocycles. The Morgan fingerprint density at radius 2 is 2.00 bits per heavy atom. The molecule has 0 bridgehead atoms. The second-order valence-corrected chi connectivity index (χ2v) is 3.76. The average molecular weight is 271 g/mol. The van der Waals surface area contributed by atoms with Crippen LogP contribution in [0.4, 0.5) is 13.2 Å². The van der Waals surface area contributed by atoms with Crippen LogP contribution < -0.4 is 16.7 Å². The molecule has 19 heavy (non-hydrogen) atoms. The first kappa shape index (κ1) is 13.1. The minimum atomic E-state index is -4.50. The van der Waals surface area contributed by atoms with Crippen molar-refractivity contribution in [1.29, 1.82) is 0 Å². The molecule has 0 fully saturated rings. The maximum absolute atomic E-state index is 12.5. The van der Waals surface area contributed by atoms with E-state index in [-0.39, 0.29) is 16.5 Å². The molecule has 0 saturated carbocycles. The van der Waals surface area contributed by atoms with Crippen molar-refractivity contribution in [2.45, 2.75) is 6.18 Å². The number of pyridine rings is 1. The Morgan fingerprint density at radius 1 is 1.32 bits per heavy atom. The molecule has 8 heteroatoms. The SMILES string of the molecule is NNC(=O)c1c[nH]c2cc(C(F)(F)F)ccc2c1=O. The molecule has 0 spiro atoms. The number of fused-ring (bicyclic) bond motifs is 1. The zero-order valence-electron chi connectivity index (χ0n) is 9.34. The number of nitrogens with one attached hydrogen (secondary N) is 2. The number of rotatable bonds is 1. The van der Waals surface area contributed by atoms with Crippen molar-refractivity contribution < 1.29 is 18.0 Å². The van der Waals surface area contributed by atoms with E-state index in [1.54, 1.807) is 5.43 Å². The lowest BCUT2D eigenvalue weighted by Crippen LogP contribution is -2.33. The molecule has 0 atom stereocenters. The van der Waals surface area contributed by atoms with Crippen LogP contribution in [0, 0.1) is 0 Å². The second kappa shape index (κ2) is 4.39. The normalized spacial score (nSPS) is 11.6. The third kappa shape index (κ3) is 2.29. The maximum Gasteiger partial charge on any atom is 0.416 e. The molecule has 2 rings (SSSR count). The molecule has 1 aromatic heterocycles. The summed E-state index contributed by atoms with van der Waals surface area (Å²) in [5, 5.41) is -0.0194. The Balaban J connectivity index is 2.67. The van der Waals surface area contributed by atoms with E-state index in [2.05, 4.69) is 4.98 Å². The summed E-state index contributed by atoms with van der Waals surface area (Å²) in [6, 6.07) is 2.60. The van der Waals surface area contributed by atoms with Crippen LogP contribution in [-0.2, 0) is 6.18 Å². The van der Waals surface area contributed by atoms with Gasteiger partial charge in [0.05, 0.1) is 5.56 Å². The lowest BCUT2D eigenvalue weighted by Gasteiger charge is -2.08. The number of aromatic amines is 1. The maximum atomic E-state index is 12.5. The first-order valence-corrected chi connectivity index (χ1v) is 5.08. The topological polar surface area (TPSA) is 88.0 Å². The van der Waals surface area contributed by atoms with E-state index in [0.717, 1.165) is 24.4 Å². The number of nitrogens with two attached hydrogens (primary N) is 1. The van der Waals surface area contributed by atoms with Crippen LogP contribution >= 0.6 is 0 Å². The van der Waals surface area contributed by atoms with Crippen LogP contribution in [0.5, 0.6) is 0 Å². The predicted molar refractivity (Wildman–Crippen MR) is 61.2 cm³/mol. The van der Waals surface area contributed by atoms with Gasteiger partial charge in [-0.1, -0.05) is 0 Å². The van der Waals surface area contributed by atoms with Gasteiger partial charge < -0.3 is 4.98 Å². The minimum Gasteiger partial charge on any atom is -0.360 e. The van der Waals surface area contributed by atoms with Gasteiger partial charge in [0.15, 0.2) is 0 Å². The van der Waals surface area contributed by atoms with E-state index in [4.69, 9.17) is 5.84 Å². The average Bonchev–Trinajstić information content (AvgIpc) is 2.37. The molecule has 1 heterocycles. The smallest absolute Gasteiger partial charge is 0.360 e. The van der Waals surface area contributed by atoms with E-state index in [1.807, 2.05) is 0 Å². The first-order valence-electron chi connectivity index (χ1n) is 5.08. The van der Waals surface area contributed by atoms with Gasteiger partial charge in [-0.3, -0.25) is 15.0 Å². The lowest BCUT2D eigenvalue weighted by atomic mass is 10.1. The van der Waals surface area contributed by atoms with Gasteiger partial charge in [0.2, 0.25) is 5.43 Å². The van der Waals surface area contributed by atoms with Crippen LogP contribution in [0.25, 0.3) is 10.9 Å². The van der Waals surface area contributed by atoms with Crippen LogP contribution in [0.3, 0.4) is 0 Å². The third-order valence-corrected chi connectivity index (χ3v) is 2.58. The van der Waals surface area contributed by atoms with Gasteiger partial charge in [0, 0.05) is 17.1 Å². The van der Waals surface area contributed by atoms with Crippen LogP contribution in [-0.4, -0.2) is 10.9 Å². The molecule has 0 aliphatic rings. The van der Waals surface area contributed by atoms with E-state index < -0.39 is 23.1 Å². The van der Waals surface area contributed by atoms with Crippen molar-refractivity contribution in [2.75, 3.05) is 0 Å². The molecule has 2 aromatic rings. The van der Waals surface area contributed by atoms with Crippen molar-refractivity contribution in [1.82, 2.24) is 10.4 Å². The van der Waals surface area contributed by atoms with Gasteiger partial charge >= 0.3 is 6.18 Å². The molecular formula is C11H8F3N3O2. The highest BCUT2D eigenvalue weighted by Crippen LogP contribution is 2.30. The fourth-order valence-electron chi connectivity index (χ4n) is 1.64. The highest BCUT2D eigenvalue weighted by Gasteiger charge is 2.30. The Hall–Kier alpha value is -2.35. The summed E-state index contributed by atoms with van der Waals surface area (Å²) in [7, 11) is 0. The predicted octanol–water partition coefficient (Wildman–Crippen LogP) is 1.15. The number of hydrogen-bond acceptors (Lipinski definition) is 3. The number of amides is 1. The number of carbonyl (C=O) groups is 1. The van der Waals surface area contributed by atoms with E-state index >= 15 is 0 Å². The standard InChI is InChI=1S/C11H8F3N3O2/c12-11(13,14)5-1-2-6-8(3-5)16-4-7(9(6)18)10(19)17-15/h1-4H,15H2,(H,16,18)(H,17,19). The monoisotopic (exact) mass is 271 g/mol. The number of hydrogen-bond donors (Lipinski definition) is 3. The molecule has 0 aliphatic carbocycles. The number of H-pyrrole nitrogens is 1. The van der Waals surface area contributed by atoms with Gasteiger partial charge in [-0.15, -0.1) is 0 Å². The van der Waals surface area contributed by atoms with Gasteiger partial charge in [0.25, 0.3) is 5.91 Å². The molecular weight excluding hydrogens is 263 g/mol. The quantitative estimate of drug-likeness (QED) is 0.413. The number of halogens is 3. The van der Waals surface area contributed by atoms with E-state index in [1.165, 1.54) is 0 Å². The first-order chi connectivity index (χ1) is 8.84. The minimum absolute atomic E-state index is 0.00611. The largest absolute Gasteiger partial charge is 0.416 e. The van der Waals surface area contributed by atoms with Crippen LogP contribution in [0.2, 0.25) is 0 Å². The van der Waals surface area contributed by atoms with Gasteiger partial charge in [-0.25, -0.2) is 5.84 Å². The lowest BCUT2D eigenvalue weighted by molar-refractivity contribution is -0.137. The molecule has 5 nitrogen and oxygen atoms in total. The number of aromatic nitrogens is 1. The zero-order valence-corrected chi connectivity index (χ0v) is 9.34. The zero-order chi connectivity index (χ0) is 14.2. The van der Waals surface area contributed by atoms with Crippen molar-refractivity contribution in [3.05, 3.63) is 45.7 Å². The number of nitrogen functional groups attached to an aromatic ring is 1. The van der Waals surface area contributed by atoms with Gasteiger partial charge in [0.1, 0.15) is 5.56 Å². The summed E-state index contributed by atoms with van der Waals surface area (Å²) in [5.41, 5.74) is -0.0635. The number of alkyl halides is 3. The van der Waals surface area contributed by atoms with E-state index in [0.29, 0.717) is 0 Å². The fraction of sp³-hybridized carbons (Fsp3) is 0.0909. The Bertz CT molecular complexity index is 706. The Kier molecular flexibility index (Phi) is 3.03. The molecule has 100 valence electrons. The summed E-state index contributed by atoms with van der Waals surface area (Å²) < 4.78 is 37.5. The number of hydrazine groups is 1. The van der Waals surface area contributed by atoms with Gasteiger partial charge in [-0.2, -0.15) is 13.2 Å². The van der Waals surface area contributed by atoms with Crippen molar-refractivity contribution in [3.63, 3.8) is 0 Å². The number of benzene rings is 1. The Labute approximate surface area is 104 Å². The molecule has 0 unspecified atom stereocenters. The number of carbonyl (C=O) groups excluding carboxylic acids is 1. The van der Waals surface area contributed by atoms with Crippen molar-refractivity contribution >= 4 is 16.8 Å².